The van der Waals surface area contributed by atoms with Crippen LogP contribution in [0.15, 0.2) is 11.6 Å². The van der Waals surface area contributed by atoms with Crippen molar-refractivity contribution in [2.24, 2.45) is 17.8 Å². The Labute approximate surface area is 78.1 Å². The first-order valence-electron chi connectivity index (χ1n) is 5.20. The van der Waals surface area contributed by atoms with E-state index in [0.717, 1.165) is 11.8 Å². The summed E-state index contributed by atoms with van der Waals surface area (Å²) in [6.07, 6.45) is 3.58. The van der Waals surface area contributed by atoms with Crippen LogP contribution >= 0.6 is 0 Å². The van der Waals surface area contributed by atoms with E-state index in [0.29, 0.717) is 5.92 Å². The molecule has 12 heavy (non-hydrogen) atoms. The lowest BCUT2D eigenvalue weighted by Crippen LogP contribution is -2.14. The zero-order valence-corrected chi connectivity index (χ0v) is 9.52. The van der Waals surface area contributed by atoms with Crippen molar-refractivity contribution in [2.45, 2.75) is 48.0 Å². The summed E-state index contributed by atoms with van der Waals surface area (Å²) in [5.41, 5.74) is 1.63. The molecule has 0 aromatic carbocycles. The highest BCUT2D eigenvalue weighted by atomic mass is 14.2. The lowest BCUT2D eigenvalue weighted by Gasteiger charge is -2.25. The molecule has 0 nitrogen and oxygen atoms in total. The Kier molecular flexibility index (Phi) is 5.28. The lowest BCUT2D eigenvalue weighted by atomic mass is 9.81. The SMILES string of the molecule is C/C=C(/C(C)C)C(CC)C(C)C. The fourth-order valence-corrected chi connectivity index (χ4v) is 2.07. The van der Waals surface area contributed by atoms with Gasteiger partial charge in [-0.15, -0.1) is 0 Å². The van der Waals surface area contributed by atoms with Crippen molar-refractivity contribution in [1.82, 2.24) is 0 Å². The van der Waals surface area contributed by atoms with Crippen molar-refractivity contribution in [3.63, 3.8) is 0 Å². The minimum atomic E-state index is 0.711. The molecule has 0 rings (SSSR count). The molecule has 0 aliphatic heterocycles. The number of allylic oxidation sites excluding steroid dienone is 2. The van der Waals surface area contributed by atoms with Gasteiger partial charge < -0.3 is 0 Å². The van der Waals surface area contributed by atoms with Crippen LogP contribution in [-0.2, 0) is 0 Å². The third kappa shape index (κ3) is 3.00. The van der Waals surface area contributed by atoms with Gasteiger partial charge in [0, 0.05) is 0 Å². The van der Waals surface area contributed by atoms with Crippen molar-refractivity contribution in [2.75, 3.05) is 0 Å². The first-order chi connectivity index (χ1) is 5.54. The largest absolute Gasteiger partial charge is 0.0879 e. The summed E-state index contributed by atoms with van der Waals surface area (Å²) in [6, 6.07) is 0. The smallest absolute Gasteiger partial charge is 0.0180 e. The zero-order chi connectivity index (χ0) is 9.72. The summed E-state index contributed by atoms with van der Waals surface area (Å²) in [6.45, 7) is 13.7. The molecule has 0 bridgehead atoms. The highest BCUT2D eigenvalue weighted by Crippen LogP contribution is 2.28. The molecule has 0 saturated heterocycles. The van der Waals surface area contributed by atoms with Crippen molar-refractivity contribution >= 4 is 0 Å². The van der Waals surface area contributed by atoms with Gasteiger partial charge >= 0.3 is 0 Å². The van der Waals surface area contributed by atoms with Crippen LogP contribution in [0.5, 0.6) is 0 Å². The van der Waals surface area contributed by atoms with Crippen LogP contribution in [0.25, 0.3) is 0 Å². The quantitative estimate of drug-likeness (QED) is 0.550. The first kappa shape index (κ1) is 11.7. The topological polar surface area (TPSA) is 0 Å². The second-order valence-corrected chi connectivity index (χ2v) is 4.20. The molecule has 0 fully saturated rings. The Balaban J connectivity index is 4.46. The Morgan fingerprint density at radius 3 is 1.75 bits per heavy atom. The summed E-state index contributed by atoms with van der Waals surface area (Å²) >= 11 is 0. The third-order valence-corrected chi connectivity index (χ3v) is 2.67. The molecule has 0 heteroatoms. The van der Waals surface area contributed by atoms with Crippen LogP contribution in [0.3, 0.4) is 0 Å². The normalized spacial score (nSPS) is 15.8. The minimum Gasteiger partial charge on any atom is -0.0879 e. The maximum absolute atomic E-state index is 2.32. The van der Waals surface area contributed by atoms with Gasteiger partial charge in [0.05, 0.1) is 0 Å². The van der Waals surface area contributed by atoms with Gasteiger partial charge in [-0.25, -0.2) is 0 Å². The van der Waals surface area contributed by atoms with Crippen molar-refractivity contribution in [3.05, 3.63) is 11.6 Å². The Bertz CT molecular complexity index is 140. The van der Waals surface area contributed by atoms with Crippen LogP contribution in [0.1, 0.15) is 48.0 Å². The van der Waals surface area contributed by atoms with Gasteiger partial charge in [-0.2, -0.15) is 0 Å². The van der Waals surface area contributed by atoms with Gasteiger partial charge in [-0.1, -0.05) is 46.3 Å². The van der Waals surface area contributed by atoms with Crippen LogP contribution < -0.4 is 0 Å². The highest BCUT2D eigenvalue weighted by molar-refractivity contribution is 5.08. The molecule has 0 spiro atoms. The summed E-state index contributed by atoms with van der Waals surface area (Å²) in [5, 5.41) is 0. The van der Waals surface area contributed by atoms with E-state index in [1.807, 2.05) is 0 Å². The Morgan fingerprint density at radius 1 is 1.17 bits per heavy atom. The fourth-order valence-electron chi connectivity index (χ4n) is 2.07. The van der Waals surface area contributed by atoms with Crippen LogP contribution in [0.4, 0.5) is 0 Å². The predicted octanol–water partition coefficient (Wildman–Crippen LogP) is 4.27. The predicted molar refractivity (Wildman–Crippen MR) is 57.2 cm³/mol. The van der Waals surface area contributed by atoms with E-state index in [9.17, 15) is 0 Å². The fraction of sp³-hybridized carbons (Fsp3) is 0.833. The summed E-state index contributed by atoms with van der Waals surface area (Å²) in [7, 11) is 0. The van der Waals surface area contributed by atoms with Gasteiger partial charge in [-0.3, -0.25) is 0 Å². The van der Waals surface area contributed by atoms with E-state index in [2.05, 4.69) is 47.6 Å². The molecule has 0 aromatic rings. The highest BCUT2D eigenvalue weighted by Gasteiger charge is 2.17. The standard InChI is InChI=1S/C12H24/c1-7-11(9(3)4)12(8-2)10(5)6/h7,9-10,12H,8H2,1-6H3/b11-7-. The molecule has 1 unspecified atom stereocenters. The Morgan fingerprint density at radius 2 is 1.67 bits per heavy atom. The van der Waals surface area contributed by atoms with Crippen molar-refractivity contribution in [3.8, 4) is 0 Å². The molecule has 72 valence electrons. The van der Waals surface area contributed by atoms with Gasteiger partial charge in [0.15, 0.2) is 0 Å². The molecule has 0 aromatic heterocycles. The molecule has 0 aliphatic rings. The van der Waals surface area contributed by atoms with Crippen LogP contribution in [0.2, 0.25) is 0 Å². The summed E-state index contributed by atoms with van der Waals surface area (Å²) in [5.74, 6) is 2.28. The molecule has 0 heterocycles. The molecule has 0 amide bonds. The van der Waals surface area contributed by atoms with E-state index in [1.54, 1.807) is 5.57 Å². The third-order valence-electron chi connectivity index (χ3n) is 2.67. The summed E-state index contributed by atoms with van der Waals surface area (Å²) in [4.78, 5) is 0. The minimum absolute atomic E-state index is 0.711. The summed E-state index contributed by atoms with van der Waals surface area (Å²) < 4.78 is 0. The molecular formula is C12H24. The molecule has 0 saturated carbocycles. The molecule has 0 aliphatic carbocycles. The molecular weight excluding hydrogens is 144 g/mol. The monoisotopic (exact) mass is 168 g/mol. The van der Waals surface area contributed by atoms with E-state index < -0.39 is 0 Å². The van der Waals surface area contributed by atoms with Crippen LogP contribution in [0, 0.1) is 17.8 Å². The lowest BCUT2D eigenvalue weighted by molar-refractivity contribution is 0.399. The number of hydrogen-bond acceptors (Lipinski definition) is 0. The molecule has 1 atom stereocenters. The van der Waals surface area contributed by atoms with Crippen molar-refractivity contribution in [1.29, 1.82) is 0 Å². The second kappa shape index (κ2) is 5.40. The van der Waals surface area contributed by atoms with Gasteiger partial charge in [0.25, 0.3) is 0 Å². The van der Waals surface area contributed by atoms with Gasteiger partial charge in [0.2, 0.25) is 0 Å². The Hall–Kier alpha value is -0.260. The second-order valence-electron chi connectivity index (χ2n) is 4.20. The van der Waals surface area contributed by atoms with E-state index in [-0.39, 0.29) is 0 Å². The zero-order valence-electron chi connectivity index (χ0n) is 9.52. The van der Waals surface area contributed by atoms with Crippen LogP contribution in [-0.4, -0.2) is 0 Å². The van der Waals surface area contributed by atoms with Gasteiger partial charge in [-0.05, 0) is 31.1 Å². The molecule has 0 radical (unpaired) electrons. The van der Waals surface area contributed by atoms with E-state index in [4.69, 9.17) is 0 Å². The number of rotatable bonds is 4. The number of hydrogen-bond donors (Lipinski definition) is 0. The van der Waals surface area contributed by atoms with E-state index in [1.165, 1.54) is 6.42 Å². The van der Waals surface area contributed by atoms with Gasteiger partial charge in [0.1, 0.15) is 0 Å². The van der Waals surface area contributed by atoms with E-state index >= 15 is 0 Å². The average molecular weight is 168 g/mol. The maximum Gasteiger partial charge on any atom is -0.0180 e. The first-order valence-corrected chi connectivity index (χ1v) is 5.20. The van der Waals surface area contributed by atoms with Crippen molar-refractivity contribution < 1.29 is 0 Å². The molecule has 0 N–H and O–H groups in total. The average Bonchev–Trinajstić information content (AvgIpc) is 1.98. The maximum atomic E-state index is 2.32.